The van der Waals surface area contributed by atoms with Crippen molar-refractivity contribution in [2.75, 3.05) is 13.2 Å². The van der Waals surface area contributed by atoms with Crippen LogP contribution in [0.5, 0.6) is 0 Å². The van der Waals surface area contributed by atoms with Crippen LogP contribution in [0.4, 0.5) is 13.2 Å². The lowest BCUT2D eigenvalue weighted by molar-refractivity contribution is -0.0281. The maximum Gasteiger partial charge on any atom is 0.301 e. The van der Waals surface area contributed by atoms with Gasteiger partial charge in [0.25, 0.3) is 0 Å². The van der Waals surface area contributed by atoms with Crippen LogP contribution in [0.25, 0.3) is 0 Å². The molecule has 1 nitrogen and oxygen atoms in total. The van der Waals surface area contributed by atoms with Gasteiger partial charge in [-0.05, 0) is 19.0 Å². The van der Waals surface area contributed by atoms with Crippen molar-refractivity contribution in [1.29, 1.82) is 0 Å². The lowest BCUT2D eigenvalue weighted by Gasteiger charge is -2.16. The van der Waals surface area contributed by atoms with Crippen molar-refractivity contribution in [3.63, 3.8) is 0 Å². The number of nitrogens with one attached hydrogen (secondary N) is 1. The molecule has 0 aromatic heterocycles. The van der Waals surface area contributed by atoms with Gasteiger partial charge in [-0.25, -0.2) is 4.39 Å². The van der Waals surface area contributed by atoms with Crippen molar-refractivity contribution in [3.05, 3.63) is 35.4 Å². The van der Waals surface area contributed by atoms with E-state index in [-0.39, 0.29) is 11.6 Å². The van der Waals surface area contributed by atoms with Gasteiger partial charge in [-0.2, -0.15) is 8.78 Å². The maximum atomic E-state index is 13.0. The van der Waals surface area contributed by atoms with Gasteiger partial charge in [-0.3, -0.25) is 0 Å². The van der Waals surface area contributed by atoms with E-state index in [0.717, 1.165) is 12.1 Å². The van der Waals surface area contributed by atoms with Crippen LogP contribution < -0.4 is 5.32 Å². The van der Waals surface area contributed by atoms with Crippen molar-refractivity contribution >= 4 is 0 Å². The molecule has 1 aromatic carbocycles. The van der Waals surface area contributed by atoms with E-state index in [9.17, 15) is 13.2 Å². The van der Waals surface area contributed by atoms with Gasteiger partial charge in [0, 0.05) is 11.6 Å². The summed E-state index contributed by atoms with van der Waals surface area (Å²) in [6, 6.07) is 5.88. The fourth-order valence-electron chi connectivity index (χ4n) is 1.52. The Morgan fingerprint density at radius 1 is 1.25 bits per heavy atom. The Morgan fingerprint density at radius 3 is 2.25 bits per heavy atom. The van der Waals surface area contributed by atoms with Crippen LogP contribution in [-0.4, -0.2) is 13.2 Å². The fraction of sp³-hybridized carbons (Fsp3) is 0.500. The monoisotopic (exact) mass is 231 g/mol. The van der Waals surface area contributed by atoms with Crippen LogP contribution in [0.3, 0.4) is 0 Å². The molecular weight excluding hydrogens is 215 g/mol. The van der Waals surface area contributed by atoms with Crippen molar-refractivity contribution in [2.24, 2.45) is 0 Å². The van der Waals surface area contributed by atoms with E-state index >= 15 is 0 Å². The number of rotatable bonds is 5. The van der Waals surface area contributed by atoms with Gasteiger partial charge in [0.2, 0.25) is 0 Å². The molecule has 1 N–H and O–H groups in total. The molecule has 0 heterocycles. The van der Waals surface area contributed by atoms with E-state index in [2.05, 4.69) is 5.32 Å². The van der Waals surface area contributed by atoms with E-state index in [0.29, 0.717) is 0 Å². The van der Waals surface area contributed by atoms with Crippen LogP contribution in [0.1, 0.15) is 31.0 Å². The topological polar surface area (TPSA) is 12.0 Å². The second-order valence-corrected chi connectivity index (χ2v) is 3.74. The highest BCUT2D eigenvalue weighted by molar-refractivity contribution is 5.27. The van der Waals surface area contributed by atoms with E-state index in [1.807, 2.05) is 13.8 Å². The molecule has 0 amide bonds. The maximum absolute atomic E-state index is 13.0. The number of benzene rings is 1. The second-order valence-electron chi connectivity index (χ2n) is 3.74. The molecule has 0 spiro atoms. The van der Waals surface area contributed by atoms with E-state index < -0.39 is 12.6 Å². The molecule has 0 saturated carbocycles. The fourth-order valence-corrected chi connectivity index (χ4v) is 1.52. The van der Waals surface area contributed by atoms with Crippen LogP contribution in [0.2, 0.25) is 0 Å². The number of hydrogen-bond donors (Lipinski definition) is 1. The first-order chi connectivity index (χ1) is 7.51. The summed E-state index contributed by atoms with van der Waals surface area (Å²) < 4.78 is 38.0. The lowest BCUT2D eigenvalue weighted by Crippen LogP contribution is -2.19. The molecule has 0 unspecified atom stereocenters. The summed E-state index contributed by atoms with van der Waals surface area (Å²) in [6.45, 7) is 3.08. The molecule has 0 aliphatic rings. The molecule has 4 heteroatoms. The van der Waals surface area contributed by atoms with Crippen molar-refractivity contribution < 1.29 is 13.2 Å². The normalized spacial score (nSPS) is 13.8. The zero-order valence-corrected chi connectivity index (χ0v) is 9.43. The Hall–Kier alpha value is -1.03. The summed E-state index contributed by atoms with van der Waals surface area (Å²) in [5.41, 5.74) is 0.641. The molecule has 16 heavy (non-hydrogen) atoms. The minimum Gasteiger partial charge on any atom is -0.310 e. The molecule has 1 rings (SSSR count). The SMILES string of the molecule is CCN[C@H](C)c1ccc(C(F)(F)CF)cc1. The van der Waals surface area contributed by atoms with Crippen LogP contribution in [-0.2, 0) is 5.92 Å². The Balaban J connectivity index is 2.83. The third-order valence-electron chi connectivity index (χ3n) is 2.51. The highest BCUT2D eigenvalue weighted by Crippen LogP contribution is 2.29. The quantitative estimate of drug-likeness (QED) is 0.818. The summed E-state index contributed by atoms with van der Waals surface area (Å²) in [5, 5.41) is 3.17. The molecule has 1 aromatic rings. The minimum atomic E-state index is -3.38. The first-order valence-electron chi connectivity index (χ1n) is 5.29. The minimum absolute atomic E-state index is 0.109. The first kappa shape index (κ1) is 13.0. The highest BCUT2D eigenvalue weighted by atomic mass is 19.3. The van der Waals surface area contributed by atoms with Crippen LogP contribution in [0, 0.1) is 0 Å². The van der Waals surface area contributed by atoms with Gasteiger partial charge in [0.05, 0.1) is 0 Å². The molecule has 1 atom stereocenters. The van der Waals surface area contributed by atoms with Gasteiger partial charge in [0.15, 0.2) is 6.67 Å². The molecular formula is C12H16F3N. The van der Waals surface area contributed by atoms with Gasteiger partial charge in [-0.1, -0.05) is 31.2 Å². The van der Waals surface area contributed by atoms with Crippen molar-refractivity contribution in [2.45, 2.75) is 25.8 Å². The molecule has 0 saturated heterocycles. The molecule has 0 aliphatic carbocycles. The number of hydrogen-bond acceptors (Lipinski definition) is 1. The number of alkyl halides is 3. The summed E-state index contributed by atoms with van der Waals surface area (Å²) in [4.78, 5) is 0. The van der Waals surface area contributed by atoms with Gasteiger partial charge < -0.3 is 5.32 Å². The molecule has 0 fully saturated rings. The van der Waals surface area contributed by atoms with E-state index in [1.54, 1.807) is 12.1 Å². The standard InChI is InChI=1S/C12H16F3N/c1-3-16-9(2)10-4-6-11(7-5-10)12(14,15)8-13/h4-7,9,16H,3,8H2,1-2H3/t9-/m1/s1. The van der Waals surface area contributed by atoms with E-state index in [1.165, 1.54) is 12.1 Å². The third kappa shape index (κ3) is 2.98. The first-order valence-corrected chi connectivity index (χ1v) is 5.29. The Morgan fingerprint density at radius 2 is 1.81 bits per heavy atom. The average Bonchev–Trinajstić information content (AvgIpc) is 2.29. The Kier molecular flexibility index (Phi) is 4.35. The second kappa shape index (κ2) is 5.34. The van der Waals surface area contributed by atoms with Gasteiger partial charge in [-0.15, -0.1) is 0 Å². The number of halogens is 3. The summed E-state index contributed by atoms with van der Waals surface area (Å²) in [5.74, 6) is -3.38. The lowest BCUT2D eigenvalue weighted by atomic mass is 10.0. The third-order valence-corrected chi connectivity index (χ3v) is 2.51. The van der Waals surface area contributed by atoms with Gasteiger partial charge >= 0.3 is 5.92 Å². The Labute approximate surface area is 93.7 Å². The van der Waals surface area contributed by atoms with E-state index in [4.69, 9.17) is 0 Å². The predicted octanol–water partition coefficient (Wildman–Crippen LogP) is 3.42. The van der Waals surface area contributed by atoms with Crippen LogP contribution >= 0.6 is 0 Å². The van der Waals surface area contributed by atoms with Crippen molar-refractivity contribution in [3.8, 4) is 0 Å². The predicted molar refractivity (Wildman–Crippen MR) is 58.4 cm³/mol. The molecule has 0 aliphatic heterocycles. The summed E-state index contributed by atoms with van der Waals surface area (Å²) >= 11 is 0. The molecule has 0 radical (unpaired) electrons. The smallest absolute Gasteiger partial charge is 0.301 e. The summed E-state index contributed by atoms with van der Waals surface area (Å²) in [7, 11) is 0. The zero-order valence-electron chi connectivity index (χ0n) is 9.43. The molecule has 0 bridgehead atoms. The van der Waals surface area contributed by atoms with Crippen molar-refractivity contribution in [1.82, 2.24) is 5.32 Å². The Bertz CT molecular complexity index is 322. The molecule has 90 valence electrons. The van der Waals surface area contributed by atoms with Gasteiger partial charge in [0.1, 0.15) is 0 Å². The summed E-state index contributed by atoms with van der Waals surface area (Å²) in [6.07, 6.45) is 0. The zero-order chi connectivity index (χ0) is 12.2. The largest absolute Gasteiger partial charge is 0.310 e. The van der Waals surface area contributed by atoms with Crippen LogP contribution in [0.15, 0.2) is 24.3 Å². The average molecular weight is 231 g/mol. The highest BCUT2D eigenvalue weighted by Gasteiger charge is 2.31.